The summed E-state index contributed by atoms with van der Waals surface area (Å²) in [7, 11) is 1.77. The number of carbonyl (C=O) groups is 1. The molecule has 0 bridgehead atoms. The highest BCUT2D eigenvalue weighted by molar-refractivity contribution is 5.92. The van der Waals surface area contributed by atoms with Crippen LogP contribution in [0, 0.1) is 6.92 Å². The van der Waals surface area contributed by atoms with Crippen LogP contribution >= 0.6 is 0 Å². The molecule has 0 radical (unpaired) electrons. The average molecular weight is 321 g/mol. The zero-order valence-electron chi connectivity index (χ0n) is 13.8. The van der Waals surface area contributed by atoms with Crippen molar-refractivity contribution in [2.75, 3.05) is 11.9 Å². The van der Waals surface area contributed by atoms with E-state index in [0.29, 0.717) is 24.6 Å². The van der Waals surface area contributed by atoms with E-state index in [-0.39, 0.29) is 5.91 Å². The van der Waals surface area contributed by atoms with Crippen molar-refractivity contribution in [1.82, 2.24) is 10.2 Å². The van der Waals surface area contributed by atoms with Crippen LogP contribution in [0.4, 0.5) is 5.69 Å². The lowest BCUT2D eigenvalue weighted by Gasteiger charge is -2.16. The topological polar surface area (TPSA) is 59.2 Å². The zero-order chi connectivity index (χ0) is 16.9. The van der Waals surface area contributed by atoms with E-state index >= 15 is 0 Å². The number of hydrogen-bond acceptors (Lipinski definition) is 4. The second kappa shape index (κ2) is 7.08. The summed E-state index contributed by atoms with van der Waals surface area (Å²) in [5.74, 6) is 0.968. The van der Waals surface area contributed by atoms with Gasteiger partial charge in [0.15, 0.2) is 0 Å². The molecule has 0 spiro atoms. The molecule has 0 aliphatic rings. The molecule has 5 heteroatoms. The Bertz CT molecular complexity index is 827. The Balaban J connectivity index is 1.62. The number of carbonyl (C=O) groups excluding carboxylic acids is 1. The average Bonchev–Trinajstić information content (AvgIpc) is 3.09. The van der Waals surface area contributed by atoms with Gasteiger partial charge in [-0.15, -0.1) is 10.2 Å². The Labute approximate surface area is 140 Å². The minimum Gasteiger partial charge on any atom is -0.421 e. The van der Waals surface area contributed by atoms with Crippen molar-refractivity contribution in [2.45, 2.75) is 19.8 Å². The van der Waals surface area contributed by atoms with Crippen molar-refractivity contribution < 1.29 is 9.21 Å². The van der Waals surface area contributed by atoms with Crippen LogP contribution in [0.3, 0.4) is 0 Å². The van der Waals surface area contributed by atoms with Crippen LogP contribution in [0.15, 0.2) is 59.0 Å². The molecule has 0 N–H and O–H groups in total. The van der Waals surface area contributed by atoms with Gasteiger partial charge >= 0.3 is 0 Å². The Morgan fingerprint density at radius 3 is 2.62 bits per heavy atom. The molecular formula is C19H19N3O2. The minimum absolute atomic E-state index is 0.0107. The van der Waals surface area contributed by atoms with Crippen molar-refractivity contribution in [1.29, 1.82) is 0 Å². The number of nitrogens with zero attached hydrogens (tertiary/aromatic N) is 3. The second-order valence-electron chi connectivity index (χ2n) is 5.66. The molecule has 0 atom stereocenters. The number of para-hydroxylation sites is 1. The normalized spacial score (nSPS) is 10.6. The van der Waals surface area contributed by atoms with Crippen LogP contribution in [0.1, 0.15) is 17.9 Å². The maximum Gasteiger partial charge on any atom is 0.247 e. The number of rotatable bonds is 5. The van der Waals surface area contributed by atoms with Crippen LogP contribution in [0.25, 0.3) is 11.5 Å². The van der Waals surface area contributed by atoms with Gasteiger partial charge < -0.3 is 9.32 Å². The molecule has 1 heterocycles. The second-order valence-corrected chi connectivity index (χ2v) is 5.66. The molecule has 0 aliphatic heterocycles. The van der Waals surface area contributed by atoms with Gasteiger partial charge in [0.25, 0.3) is 0 Å². The van der Waals surface area contributed by atoms with Gasteiger partial charge in [-0.2, -0.15) is 0 Å². The van der Waals surface area contributed by atoms with Crippen molar-refractivity contribution in [3.8, 4) is 11.5 Å². The lowest BCUT2D eigenvalue weighted by Crippen LogP contribution is -2.26. The molecule has 5 nitrogen and oxygen atoms in total. The standard InChI is InChI=1S/C19H19N3O2/c1-14-7-6-8-15(13-14)19-21-20-17(24-19)11-12-18(23)22(2)16-9-4-3-5-10-16/h3-10,13H,11-12H2,1-2H3. The number of amides is 1. The third kappa shape index (κ3) is 3.68. The number of aromatic nitrogens is 2. The van der Waals surface area contributed by atoms with E-state index in [1.807, 2.05) is 61.5 Å². The molecule has 1 aromatic heterocycles. The van der Waals surface area contributed by atoms with Crippen molar-refractivity contribution in [3.63, 3.8) is 0 Å². The monoisotopic (exact) mass is 321 g/mol. The molecule has 3 rings (SSSR count). The highest BCUT2D eigenvalue weighted by Crippen LogP contribution is 2.19. The molecular weight excluding hydrogens is 302 g/mol. The fraction of sp³-hybridized carbons (Fsp3) is 0.211. The van der Waals surface area contributed by atoms with E-state index in [9.17, 15) is 4.79 Å². The van der Waals surface area contributed by atoms with Gasteiger partial charge in [-0.05, 0) is 31.2 Å². The molecule has 0 fully saturated rings. The third-order valence-corrected chi connectivity index (χ3v) is 3.80. The summed E-state index contributed by atoms with van der Waals surface area (Å²) in [6.45, 7) is 2.01. The molecule has 2 aromatic carbocycles. The SMILES string of the molecule is Cc1cccc(-c2nnc(CCC(=O)N(C)c3ccccc3)o2)c1. The van der Waals surface area contributed by atoms with Crippen LogP contribution in [0.2, 0.25) is 0 Å². The van der Waals surface area contributed by atoms with Crippen molar-refractivity contribution >= 4 is 11.6 Å². The molecule has 0 saturated carbocycles. The first kappa shape index (κ1) is 15.9. The molecule has 122 valence electrons. The van der Waals surface area contributed by atoms with Gasteiger partial charge in [0.05, 0.1) is 0 Å². The van der Waals surface area contributed by atoms with Gasteiger partial charge in [-0.25, -0.2) is 0 Å². The number of anilines is 1. The van der Waals surface area contributed by atoms with E-state index in [1.165, 1.54) is 0 Å². The highest BCUT2D eigenvalue weighted by Gasteiger charge is 2.14. The predicted molar refractivity (Wildman–Crippen MR) is 92.6 cm³/mol. The minimum atomic E-state index is 0.0107. The quantitative estimate of drug-likeness (QED) is 0.720. The summed E-state index contributed by atoms with van der Waals surface area (Å²) >= 11 is 0. The fourth-order valence-corrected chi connectivity index (χ4v) is 2.43. The summed E-state index contributed by atoms with van der Waals surface area (Å²) in [6, 6.07) is 17.4. The number of aryl methyl sites for hydroxylation is 2. The van der Waals surface area contributed by atoms with E-state index in [4.69, 9.17) is 4.42 Å². The highest BCUT2D eigenvalue weighted by atomic mass is 16.4. The molecule has 3 aromatic rings. The number of hydrogen-bond donors (Lipinski definition) is 0. The molecule has 0 saturated heterocycles. The smallest absolute Gasteiger partial charge is 0.247 e. The maximum absolute atomic E-state index is 12.3. The molecule has 1 amide bonds. The lowest BCUT2D eigenvalue weighted by molar-refractivity contribution is -0.118. The Kier molecular flexibility index (Phi) is 4.70. The molecule has 0 unspecified atom stereocenters. The van der Waals surface area contributed by atoms with Gasteiger partial charge in [-0.3, -0.25) is 4.79 Å². The van der Waals surface area contributed by atoms with E-state index in [2.05, 4.69) is 10.2 Å². The summed E-state index contributed by atoms with van der Waals surface area (Å²) < 4.78 is 5.67. The van der Waals surface area contributed by atoms with Crippen LogP contribution in [0.5, 0.6) is 0 Å². The van der Waals surface area contributed by atoms with Gasteiger partial charge in [0.2, 0.25) is 17.7 Å². The maximum atomic E-state index is 12.3. The Hall–Kier alpha value is -2.95. The third-order valence-electron chi connectivity index (χ3n) is 3.80. The first-order valence-corrected chi connectivity index (χ1v) is 7.84. The first-order chi connectivity index (χ1) is 11.6. The van der Waals surface area contributed by atoms with Crippen molar-refractivity contribution in [2.24, 2.45) is 0 Å². The van der Waals surface area contributed by atoms with Crippen LogP contribution in [-0.2, 0) is 11.2 Å². The largest absolute Gasteiger partial charge is 0.421 e. The van der Waals surface area contributed by atoms with Gasteiger partial charge in [0, 0.05) is 31.1 Å². The van der Waals surface area contributed by atoms with Crippen LogP contribution in [-0.4, -0.2) is 23.2 Å². The fourth-order valence-electron chi connectivity index (χ4n) is 2.43. The van der Waals surface area contributed by atoms with Crippen LogP contribution < -0.4 is 4.90 Å². The molecule has 24 heavy (non-hydrogen) atoms. The summed E-state index contributed by atoms with van der Waals surface area (Å²) in [4.78, 5) is 13.9. The Morgan fingerprint density at radius 2 is 1.88 bits per heavy atom. The van der Waals surface area contributed by atoms with E-state index < -0.39 is 0 Å². The molecule has 0 aliphatic carbocycles. The van der Waals surface area contributed by atoms with E-state index in [1.54, 1.807) is 11.9 Å². The lowest BCUT2D eigenvalue weighted by atomic mass is 10.1. The van der Waals surface area contributed by atoms with E-state index in [0.717, 1.165) is 16.8 Å². The Morgan fingerprint density at radius 1 is 1.08 bits per heavy atom. The summed E-state index contributed by atoms with van der Waals surface area (Å²) in [5, 5.41) is 8.11. The summed E-state index contributed by atoms with van der Waals surface area (Å²) in [6.07, 6.45) is 0.746. The van der Waals surface area contributed by atoms with Crippen molar-refractivity contribution in [3.05, 3.63) is 66.1 Å². The zero-order valence-corrected chi connectivity index (χ0v) is 13.8. The first-order valence-electron chi connectivity index (χ1n) is 7.84. The predicted octanol–water partition coefficient (Wildman–Crippen LogP) is 3.64. The van der Waals surface area contributed by atoms with Gasteiger partial charge in [0.1, 0.15) is 0 Å². The summed E-state index contributed by atoms with van der Waals surface area (Å²) in [5.41, 5.74) is 2.89. The van der Waals surface area contributed by atoms with Gasteiger partial charge in [-0.1, -0.05) is 35.9 Å². The number of benzene rings is 2.